The number of esters is 1. The number of nitrogens with zero attached hydrogens (tertiary/aromatic N) is 1. The van der Waals surface area contributed by atoms with Crippen LogP contribution in [0.2, 0.25) is 5.02 Å². The van der Waals surface area contributed by atoms with Gasteiger partial charge >= 0.3 is 5.97 Å². The maximum Gasteiger partial charge on any atom is 0.357 e. The van der Waals surface area contributed by atoms with Crippen molar-refractivity contribution in [3.63, 3.8) is 0 Å². The summed E-state index contributed by atoms with van der Waals surface area (Å²) in [5.41, 5.74) is 1.05. The van der Waals surface area contributed by atoms with Crippen molar-refractivity contribution >= 4 is 23.5 Å². The number of halogens is 1. The Bertz CT molecular complexity index is 721. The first-order valence-corrected chi connectivity index (χ1v) is 7.65. The molecule has 0 saturated heterocycles. The van der Waals surface area contributed by atoms with Gasteiger partial charge in [-0.05, 0) is 30.2 Å². The van der Waals surface area contributed by atoms with Crippen LogP contribution in [-0.4, -0.2) is 37.1 Å². The number of rotatable bonds is 7. The molecule has 2 aromatic rings. The molecule has 1 aromatic heterocycles. The van der Waals surface area contributed by atoms with Gasteiger partial charge in [0.05, 0.1) is 7.11 Å². The summed E-state index contributed by atoms with van der Waals surface area (Å²) in [6.45, 7) is 0.0329. The number of hydrogen-bond donors (Lipinski definition) is 1. The first-order chi connectivity index (χ1) is 11.6. The van der Waals surface area contributed by atoms with Crippen LogP contribution in [0.3, 0.4) is 0 Å². The van der Waals surface area contributed by atoms with Gasteiger partial charge in [-0.15, -0.1) is 0 Å². The van der Waals surface area contributed by atoms with Crippen molar-refractivity contribution in [3.05, 3.63) is 58.9 Å². The number of benzene rings is 1. The van der Waals surface area contributed by atoms with Crippen LogP contribution in [0.25, 0.3) is 0 Å². The highest BCUT2D eigenvalue weighted by Crippen LogP contribution is 2.17. The van der Waals surface area contributed by atoms with Crippen LogP contribution in [0.4, 0.5) is 0 Å². The van der Waals surface area contributed by atoms with Gasteiger partial charge in [-0.3, -0.25) is 4.79 Å². The van der Waals surface area contributed by atoms with Crippen LogP contribution >= 0.6 is 11.6 Å². The van der Waals surface area contributed by atoms with Gasteiger partial charge in [0, 0.05) is 17.8 Å². The zero-order chi connectivity index (χ0) is 17.4. The summed E-state index contributed by atoms with van der Waals surface area (Å²) in [6, 6.07) is 10.5. The van der Waals surface area contributed by atoms with Gasteiger partial charge < -0.3 is 14.8 Å². The highest BCUT2D eigenvalue weighted by atomic mass is 35.5. The SMILES string of the molecule is COc1ccccc1CCNC(=O)COC(=O)c1cc(Cl)ccn1. The summed E-state index contributed by atoms with van der Waals surface area (Å²) >= 11 is 5.77. The lowest BCUT2D eigenvalue weighted by molar-refractivity contribution is -0.124. The van der Waals surface area contributed by atoms with Gasteiger partial charge in [0.1, 0.15) is 11.4 Å². The van der Waals surface area contributed by atoms with Crippen molar-refractivity contribution in [3.8, 4) is 5.75 Å². The smallest absolute Gasteiger partial charge is 0.357 e. The van der Waals surface area contributed by atoms with E-state index in [0.29, 0.717) is 18.0 Å². The van der Waals surface area contributed by atoms with Gasteiger partial charge in [0.25, 0.3) is 5.91 Å². The molecule has 1 amide bonds. The predicted octanol–water partition coefficient (Wildman–Crippen LogP) is 2.26. The molecule has 0 atom stereocenters. The number of carbonyl (C=O) groups excluding carboxylic acids is 2. The summed E-state index contributed by atoms with van der Waals surface area (Å²) in [4.78, 5) is 27.3. The number of pyridine rings is 1. The Balaban J connectivity index is 1.74. The zero-order valence-corrected chi connectivity index (χ0v) is 13.9. The third-order valence-corrected chi connectivity index (χ3v) is 3.41. The van der Waals surface area contributed by atoms with E-state index in [1.165, 1.54) is 12.3 Å². The van der Waals surface area contributed by atoms with Crippen molar-refractivity contribution in [2.24, 2.45) is 0 Å². The molecule has 1 aromatic carbocycles. The van der Waals surface area contributed by atoms with Crippen molar-refractivity contribution in [2.75, 3.05) is 20.3 Å². The van der Waals surface area contributed by atoms with E-state index in [4.69, 9.17) is 21.1 Å². The molecule has 0 aliphatic rings. The van der Waals surface area contributed by atoms with Gasteiger partial charge in [-0.2, -0.15) is 0 Å². The third kappa shape index (κ3) is 5.24. The fourth-order valence-corrected chi connectivity index (χ4v) is 2.18. The number of nitrogens with one attached hydrogen (secondary N) is 1. The van der Waals surface area contributed by atoms with Crippen LogP contribution in [-0.2, 0) is 16.0 Å². The molecule has 7 heteroatoms. The van der Waals surface area contributed by atoms with Gasteiger partial charge in [0.2, 0.25) is 0 Å². The first-order valence-electron chi connectivity index (χ1n) is 7.27. The molecule has 24 heavy (non-hydrogen) atoms. The second-order valence-electron chi connectivity index (χ2n) is 4.85. The topological polar surface area (TPSA) is 77.5 Å². The Labute approximate surface area is 144 Å². The summed E-state index contributed by atoms with van der Waals surface area (Å²) in [6.07, 6.45) is 2.01. The second kappa shape index (κ2) is 8.88. The number of hydrogen-bond acceptors (Lipinski definition) is 5. The largest absolute Gasteiger partial charge is 0.496 e. The van der Waals surface area contributed by atoms with E-state index in [1.807, 2.05) is 24.3 Å². The molecule has 1 N–H and O–H groups in total. The van der Waals surface area contributed by atoms with E-state index in [2.05, 4.69) is 10.3 Å². The highest BCUT2D eigenvalue weighted by molar-refractivity contribution is 6.30. The fraction of sp³-hybridized carbons (Fsp3) is 0.235. The van der Waals surface area contributed by atoms with Crippen LogP contribution in [0.15, 0.2) is 42.6 Å². The van der Waals surface area contributed by atoms with Crippen LogP contribution < -0.4 is 10.1 Å². The minimum atomic E-state index is -0.697. The maximum absolute atomic E-state index is 11.7. The van der Waals surface area contributed by atoms with Crippen LogP contribution in [0.1, 0.15) is 16.1 Å². The average Bonchev–Trinajstić information content (AvgIpc) is 2.60. The van der Waals surface area contributed by atoms with Crippen molar-refractivity contribution in [1.82, 2.24) is 10.3 Å². The molecule has 0 unspecified atom stereocenters. The summed E-state index contributed by atoms with van der Waals surface area (Å²) in [5.74, 6) is -0.317. The number of amides is 1. The number of carbonyl (C=O) groups is 2. The molecule has 0 fully saturated rings. The van der Waals surface area contributed by atoms with E-state index in [9.17, 15) is 9.59 Å². The molecule has 6 nitrogen and oxygen atoms in total. The van der Waals surface area contributed by atoms with Gasteiger partial charge in [-0.25, -0.2) is 9.78 Å². The quantitative estimate of drug-likeness (QED) is 0.776. The second-order valence-corrected chi connectivity index (χ2v) is 5.28. The molecule has 1 heterocycles. The lowest BCUT2D eigenvalue weighted by Crippen LogP contribution is -2.30. The number of ether oxygens (including phenoxy) is 2. The molecular weight excluding hydrogens is 332 g/mol. The fourth-order valence-electron chi connectivity index (χ4n) is 2.02. The normalized spacial score (nSPS) is 10.1. The minimum absolute atomic E-state index is 0.0596. The standard InChI is InChI=1S/C17H17ClN2O4/c1-23-15-5-3-2-4-12(15)6-8-20-16(21)11-24-17(22)14-10-13(18)7-9-19-14/h2-5,7,9-10H,6,8,11H2,1H3,(H,20,21). The van der Waals surface area contributed by atoms with E-state index >= 15 is 0 Å². The average molecular weight is 349 g/mol. The lowest BCUT2D eigenvalue weighted by Gasteiger charge is -2.09. The number of aromatic nitrogens is 1. The van der Waals surface area contributed by atoms with Gasteiger partial charge in [0.15, 0.2) is 6.61 Å². The van der Waals surface area contributed by atoms with Crippen LogP contribution in [0.5, 0.6) is 5.75 Å². The molecule has 126 valence electrons. The van der Waals surface area contributed by atoms with E-state index < -0.39 is 5.97 Å². The lowest BCUT2D eigenvalue weighted by atomic mass is 10.1. The molecular formula is C17H17ClN2O4. The maximum atomic E-state index is 11.7. The summed E-state index contributed by atoms with van der Waals surface area (Å²) < 4.78 is 10.1. The Morgan fingerprint density at radius 1 is 1.25 bits per heavy atom. The Morgan fingerprint density at radius 3 is 2.79 bits per heavy atom. The monoisotopic (exact) mass is 348 g/mol. The Morgan fingerprint density at radius 2 is 2.04 bits per heavy atom. The molecule has 0 bridgehead atoms. The number of methoxy groups -OCH3 is 1. The van der Waals surface area contributed by atoms with Crippen molar-refractivity contribution < 1.29 is 19.1 Å². The zero-order valence-electron chi connectivity index (χ0n) is 13.1. The first kappa shape index (κ1) is 17.7. The molecule has 0 saturated carbocycles. The minimum Gasteiger partial charge on any atom is -0.496 e. The molecule has 0 radical (unpaired) electrons. The highest BCUT2D eigenvalue weighted by Gasteiger charge is 2.12. The Kier molecular flexibility index (Phi) is 6.57. The molecule has 0 aliphatic heterocycles. The molecule has 0 aliphatic carbocycles. The third-order valence-electron chi connectivity index (χ3n) is 3.17. The Hall–Kier alpha value is -2.60. The van der Waals surface area contributed by atoms with E-state index in [-0.39, 0.29) is 18.2 Å². The molecule has 2 rings (SSSR count). The summed E-state index contributed by atoms with van der Waals surface area (Å²) in [5, 5.41) is 3.06. The predicted molar refractivity (Wildman–Crippen MR) is 89.2 cm³/mol. The van der Waals surface area contributed by atoms with Gasteiger partial charge in [-0.1, -0.05) is 29.8 Å². The van der Waals surface area contributed by atoms with Crippen molar-refractivity contribution in [1.29, 1.82) is 0 Å². The summed E-state index contributed by atoms with van der Waals surface area (Å²) in [7, 11) is 1.60. The van der Waals surface area contributed by atoms with Crippen LogP contribution in [0, 0.1) is 0 Å². The van der Waals surface area contributed by atoms with E-state index in [0.717, 1.165) is 11.3 Å². The van der Waals surface area contributed by atoms with E-state index in [1.54, 1.807) is 13.2 Å². The van der Waals surface area contributed by atoms with Crippen molar-refractivity contribution in [2.45, 2.75) is 6.42 Å². The molecule has 0 spiro atoms. The number of para-hydroxylation sites is 1.